The van der Waals surface area contributed by atoms with Gasteiger partial charge in [0.1, 0.15) is 11.4 Å². The van der Waals surface area contributed by atoms with Gasteiger partial charge in [0.05, 0.1) is 12.8 Å². The first-order valence-electron chi connectivity index (χ1n) is 12.5. The van der Waals surface area contributed by atoms with Gasteiger partial charge in [-0.1, -0.05) is 55.7 Å². The summed E-state index contributed by atoms with van der Waals surface area (Å²) in [5.41, 5.74) is 7.23. The summed E-state index contributed by atoms with van der Waals surface area (Å²) in [6.07, 6.45) is 14.0. The van der Waals surface area contributed by atoms with Gasteiger partial charge in [-0.3, -0.25) is 15.1 Å². The number of rotatable bonds is 5. The number of carbonyl (C=O) groups is 1. The Labute approximate surface area is 202 Å². The molecule has 0 radical (unpaired) electrons. The second kappa shape index (κ2) is 10.1. The Hall–Kier alpha value is -3.05. The van der Waals surface area contributed by atoms with Gasteiger partial charge in [-0.2, -0.15) is 0 Å². The molecule has 1 N–H and O–H groups in total. The van der Waals surface area contributed by atoms with Crippen molar-refractivity contribution in [2.24, 2.45) is 0 Å². The minimum absolute atomic E-state index is 0.0640. The van der Waals surface area contributed by atoms with E-state index in [-0.39, 0.29) is 11.5 Å². The number of likely N-dealkylation sites (tertiary alicyclic amines) is 1. The van der Waals surface area contributed by atoms with Crippen LogP contribution in [0.3, 0.4) is 0 Å². The van der Waals surface area contributed by atoms with E-state index < -0.39 is 0 Å². The number of amides is 1. The van der Waals surface area contributed by atoms with Crippen molar-refractivity contribution >= 4 is 17.7 Å². The average Bonchev–Trinajstić information content (AvgIpc) is 3.32. The lowest BCUT2D eigenvalue weighted by Crippen LogP contribution is -2.46. The molecule has 5 heteroatoms. The van der Waals surface area contributed by atoms with Gasteiger partial charge in [-0.05, 0) is 54.2 Å². The van der Waals surface area contributed by atoms with Gasteiger partial charge in [0.15, 0.2) is 0 Å². The quantitative estimate of drug-likeness (QED) is 0.585. The largest absolute Gasteiger partial charge is 0.497 e. The number of ether oxygens (including phenoxy) is 1. The van der Waals surface area contributed by atoms with E-state index in [0.29, 0.717) is 19.0 Å². The zero-order chi connectivity index (χ0) is 23.4. The number of hydrogen-bond donors (Lipinski definition) is 1. The Morgan fingerprint density at radius 3 is 2.59 bits per heavy atom. The molecule has 5 nitrogen and oxygen atoms in total. The van der Waals surface area contributed by atoms with Crippen LogP contribution >= 0.6 is 0 Å². The minimum Gasteiger partial charge on any atom is -0.497 e. The third kappa shape index (κ3) is 5.05. The molecule has 5 rings (SSSR count). The third-order valence-corrected chi connectivity index (χ3v) is 7.51. The van der Waals surface area contributed by atoms with Crippen LogP contribution in [0.2, 0.25) is 0 Å². The number of benzene rings is 2. The molecule has 2 aromatic rings. The Bertz CT molecular complexity index is 1060. The molecule has 1 aliphatic carbocycles. The maximum absolute atomic E-state index is 12.8. The van der Waals surface area contributed by atoms with Crippen LogP contribution in [0.5, 0.6) is 5.75 Å². The smallest absolute Gasteiger partial charge is 0.246 e. The number of methoxy groups -OCH3 is 1. The molecular formula is C29H34N2O3. The van der Waals surface area contributed by atoms with Crippen molar-refractivity contribution in [3.63, 3.8) is 0 Å². The molecule has 2 heterocycles. The van der Waals surface area contributed by atoms with Gasteiger partial charge >= 0.3 is 0 Å². The molecule has 2 aromatic carbocycles. The number of piperidine rings is 1. The maximum Gasteiger partial charge on any atom is 0.246 e. The van der Waals surface area contributed by atoms with Crippen molar-refractivity contribution in [3.8, 4) is 5.75 Å². The molecule has 0 aromatic heterocycles. The Kier molecular flexibility index (Phi) is 6.73. The molecule has 34 heavy (non-hydrogen) atoms. The summed E-state index contributed by atoms with van der Waals surface area (Å²) < 4.78 is 5.33. The van der Waals surface area contributed by atoms with Crippen LogP contribution in [0.15, 0.2) is 60.7 Å². The van der Waals surface area contributed by atoms with Crippen LogP contribution < -0.4 is 10.2 Å². The molecule has 0 bridgehead atoms. The van der Waals surface area contributed by atoms with Gasteiger partial charge < -0.3 is 9.64 Å². The summed E-state index contributed by atoms with van der Waals surface area (Å²) >= 11 is 0. The molecule has 0 atom stereocenters. The third-order valence-electron chi connectivity index (χ3n) is 7.51. The van der Waals surface area contributed by atoms with Crippen LogP contribution in [0.1, 0.15) is 67.6 Å². The lowest BCUT2D eigenvalue weighted by atomic mass is 9.84. The van der Waals surface area contributed by atoms with Gasteiger partial charge in [-0.15, -0.1) is 0 Å². The highest BCUT2D eigenvalue weighted by molar-refractivity contribution is 5.91. The molecule has 1 amide bonds. The van der Waals surface area contributed by atoms with E-state index in [1.54, 1.807) is 13.2 Å². The second-order valence-corrected chi connectivity index (χ2v) is 9.72. The van der Waals surface area contributed by atoms with Gasteiger partial charge in [0, 0.05) is 37.6 Å². The van der Waals surface area contributed by atoms with Crippen molar-refractivity contribution in [1.29, 1.82) is 0 Å². The van der Waals surface area contributed by atoms with Crippen molar-refractivity contribution < 1.29 is 14.4 Å². The molecule has 1 saturated carbocycles. The second-order valence-electron chi connectivity index (χ2n) is 9.72. The van der Waals surface area contributed by atoms with E-state index in [1.807, 2.05) is 35.2 Å². The highest BCUT2D eigenvalue weighted by Crippen LogP contribution is 2.35. The Morgan fingerprint density at radius 2 is 1.85 bits per heavy atom. The predicted molar refractivity (Wildman–Crippen MR) is 135 cm³/mol. The molecule has 2 fully saturated rings. The summed E-state index contributed by atoms with van der Waals surface area (Å²) in [5, 5.41) is 0. The summed E-state index contributed by atoms with van der Waals surface area (Å²) in [6, 6.07) is 16.7. The van der Waals surface area contributed by atoms with Crippen molar-refractivity contribution in [1.82, 2.24) is 10.4 Å². The normalized spacial score (nSPS) is 20.4. The first kappa shape index (κ1) is 22.7. The molecule has 1 spiro atoms. The zero-order valence-electron chi connectivity index (χ0n) is 20.0. The average molecular weight is 459 g/mol. The van der Waals surface area contributed by atoms with Crippen molar-refractivity contribution in [2.75, 3.05) is 20.2 Å². The Morgan fingerprint density at radius 1 is 1.09 bits per heavy atom. The lowest BCUT2D eigenvalue weighted by molar-refractivity contribution is -0.131. The number of carbonyl (C=O) groups excluding carboxylic acids is 1. The van der Waals surface area contributed by atoms with Crippen LogP contribution in [0.25, 0.3) is 11.8 Å². The SMILES string of the molecule is COc1cccc(C2=CC3(CCN(C(=O)C=Cc4ccc(C5CCCCC5)cc4)CC3)ON2)c1. The standard InChI is InChI=1S/C29H34N2O3/c1-33-26-9-5-8-25(20-26)27-21-29(34-30-27)16-18-31(19-17-29)28(32)15-12-22-10-13-24(14-11-22)23-6-3-2-4-7-23/h5,8-15,20-21,23,30H,2-4,6-7,16-19H2,1H3. The highest BCUT2D eigenvalue weighted by atomic mass is 16.7. The van der Waals surface area contributed by atoms with Crippen molar-refractivity contribution in [3.05, 3.63) is 77.4 Å². The van der Waals surface area contributed by atoms with E-state index in [1.165, 1.54) is 37.7 Å². The van der Waals surface area contributed by atoms with Gasteiger partial charge in [0.25, 0.3) is 0 Å². The van der Waals surface area contributed by atoms with E-state index in [9.17, 15) is 4.79 Å². The van der Waals surface area contributed by atoms with Crippen LogP contribution in [-0.2, 0) is 9.63 Å². The molecule has 0 unspecified atom stereocenters. The summed E-state index contributed by atoms with van der Waals surface area (Å²) in [5.74, 6) is 1.59. The van der Waals surface area contributed by atoms with Crippen LogP contribution in [0.4, 0.5) is 0 Å². The number of nitrogens with zero attached hydrogens (tertiary/aromatic N) is 1. The molecular weight excluding hydrogens is 424 g/mol. The minimum atomic E-state index is -0.367. The van der Waals surface area contributed by atoms with E-state index in [2.05, 4.69) is 35.8 Å². The van der Waals surface area contributed by atoms with E-state index in [0.717, 1.165) is 35.4 Å². The number of nitrogens with one attached hydrogen (secondary N) is 1. The fourth-order valence-corrected chi connectivity index (χ4v) is 5.35. The van der Waals surface area contributed by atoms with Gasteiger partial charge in [-0.25, -0.2) is 0 Å². The zero-order valence-corrected chi connectivity index (χ0v) is 20.0. The molecule has 178 valence electrons. The topological polar surface area (TPSA) is 50.8 Å². The highest BCUT2D eigenvalue weighted by Gasteiger charge is 2.39. The monoisotopic (exact) mass is 458 g/mol. The summed E-state index contributed by atoms with van der Waals surface area (Å²) in [4.78, 5) is 20.7. The van der Waals surface area contributed by atoms with Crippen LogP contribution in [-0.4, -0.2) is 36.6 Å². The Balaban J connectivity index is 1.16. The molecule has 2 aliphatic heterocycles. The first-order valence-corrected chi connectivity index (χ1v) is 12.5. The number of hydrogen-bond acceptors (Lipinski definition) is 4. The van der Waals surface area contributed by atoms with E-state index >= 15 is 0 Å². The lowest BCUT2D eigenvalue weighted by Gasteiger charge is -2.36. The van der Waals surface area contributed by atoms with Crippen molar-refractivity contribution in [2.45, 2.75) is 56.5 Å². The van der Waals surface area contributed by atoms with Gasteiger partial charge in [0.2, 0.25) is 5.91 Å². The van der Waals surface area contributed by atoms with Crippen LogP contribution in [0, 0.1) is 0 Å². The fourth-order valence-electron chi connectivity index (χ4n) is 5.35. The molecule has 3 aliphatic rings. The number of hydroxylamine groups is 1. The molecule has 1 saturated heterocycles. The first-order chi connectivity index (χ1) is 16.6. The predicted octanol–water partition coefficient (Wildman–Crippen LogP) is 5.69. The summed E-state index contributed by atoms with van der Waals surface area (Å²) in [7, 11) is 1.67. The summed E-state index contributed by atoms with van der Waals surface area (Å²) in [6.45, 7) is 1.35. The van der Waals surface area contributed by atoms with E-state index in [4.69, 9.17) is 9.57 Å². The maximum atomic E-state index is 12.8. The fraction of sp³-hybridized carbons (Fsp3) is 0.414.